The largest absolute Gasteiger partial charge is 0.573 e. The van der Waals surface area contributed by atoms with Crippen molar-refractivity contribution in [3.05, 3.63) is 48.8 Å². The van der Waals surface area contributed by atoms with E-state index >= 15 is 0 Å². The average Bonchev–Trinajstić information content (AvgIpc) is 3.41. The van der Waals surface area contributed by atoms with E-state index in [1.54, 1.807) is 42.3 Å². The van der Waals surface area contributed by atoms with Crippen molar-refractivity contribution in [2.75, 3.05) is 14.2 Å². The van der Waals surface area contributed by atoms with Gasteiger partial charge < -0.3 is 18.6 Å². The summed E-state index contributed by atoms with van der Waals surface area (Å²) in [5.74, 6) is 0.737. The molecule has 2 heterocycles. The van der Waals surface area contributed by atoms with Crippen LogP contribution in [0.1, 0.15) is 0 Å². The number of benzene rings is 2. The number of ether oxygens (including phenoxy) is 3. The van der Waals surface area contributed by atoms with E-state index < -0.39 is 12.1 Å². The van der Waals surface area contributed by atoms with Gasteiger partial charge in [0.05, 0.1) is 26.0 Å². The second-order valence-corrected chi connectivity index (χ2v) is 6.64. The number of alkyl halides is 3. The molecule has 0 unspecified atom stereocenters. The Labute approximate surface area is 180 Å². The highest BCUT2D eigenvalue weighted by molar-refractivity contribution is 5.80. The molecule has 0 N–H and O–H groups in total. The summed E-state index contributed by atoms with van der Waals surface area (Å²) >= 11 is 0. The van der Waals surface area contributed by atoms with Gasteiger partial charge in [0, 0.05) is 24.4 Å². The van der Waals surface area contributed by atoms with E-state index in [2.05, 4.69) is 20.0 Å². The molecule has 0 saturated heterocycles. The van der Waals surface area contributed by atoms with Crippen molar-refractivity contribution in [2.24, 2.45) is 7.05 Å². The predicted octanol–water partition coefficient (Wildman–Crippen LogP) is 4.72. The van der Waals surface area contributed by atoms with Crippen LogP contribution in [0.5, 0.6) is 17.2 Å². The zero-order valence-corrected chi connectivity index (χ0v) is 17.2. The first-order valence-electron chi connectivity index (χ1n) is 9.22. The number of hydrogen-bond acceptors (Lipinski definition) is 7. The maximum atomic E-state index is 12.8. The van der Waals surface area contributed by atoms with Crippen LogP contribution in [0, 0.1) is 0 Å². The van der Waals surface area contributed by atoms with Gasteiger partial charge in [-0.1, -0.05) is 0 Å². The van der Waals surface area contributed by atoms with Crippen LogP contribution >= 0.6 is 0 Å². The monoisotopic (exact) mass is 446 g/mol. The standard InChI is InChI=1S/C21H17F3N4O4/c1-28-11-13(10-25-28)15-6-5-14(32-21(22,23)24)9-16(15)20-27-26-19(31-20)12-4-7-17(29-2)18(8-12)30-3/h4-11H,1-3H3. The van der Waals surface area contributed by atoms with Gasteiger partial charge in [0.2, 0.25) is 11.8 Å². The minimum absolute atomic E-state index is 0.0151. The number of aryl methyl sites for hydroxylation is 1. The van der Waals surface area contributed by atoms with Crippen molar-refractivity contribution in [1.82, 2.24) is 20.0 Å². The highest BCUT2D eigenvalue weighted by atomic mass is 19.4. The number of halogens is 3. The van der Waals surface area contributed by atoms with E-state index in [1.165, 1.54) is 32.4 Å². The molecule has 32 heavy (non-hydrogen) atoms. The normalized spacial score (nSPS) is 11.4. The molecule has 2 aromatic heterocycles. The molecule has 4 rings (SSSR count). The summed E-state index contributed by atoms with van der Waals surface area (Å²) in [6.45, 7) is 0. The van der Waals surface area contributed by atoms with Gasteiger partial charge in [0.1, 0.15) is 5.75 Å². The number of rotatable bonds is 6. The van der Waals surface area contributed by atoms with Crippen LogP contribution in [0.2, 0.25) is 0 Å². The smallest absolute Gasteiger partial charge is 0.493 e. The third-order valence-electron chi connectivity index (χ3n) is 4.53. The SMILES string of the molecule is COc1ccc(-c2nnc(-c3cc(OC(F)(F)F)ccc3-c3cnn(C)c3)o2)cc1OC. The summed E-state index contributed by atoms with van der Waals surface area (Å²) < 4.78 is 60.2. The Morgan fingerprint density at radius 2 is 1.62 bits per heavy atom. The van der Waals surface area contributed by atoms with Gasteiger partial charge in [-0.05, 0) is 42.0 Å². The summed E-state index contributed by atoms with van der Waals surface area (Å²) in [4.78, 5) is 0. The van der Waals surface area contributed by atoms with Gasteiger partial charge >= 0.3 is 6.36 Å². The van der Waals surface area contributed by atoms with E-state index in [0.29, 0.717) is 28.2 Å². The Morgan fingerprint density at radius 1 is 0.875 bits per heavy atom. The summed E-state index contributed by atoms with van der Waals surface area (Å²) in [6.07, 6.45) is -1.55. The first-order valence-corrected chi connectivity index (χ1v) is 9.22. The van der Waals surface area contributed by atoms with Crippen LogP contribution in [0.4, 0.5) is 13.2 Å². The fourth-order valence-corrected chi connectivity index (χ4v) is 3.13. The number of hydrogen-bond donors (Lipinski definition) is 0. The molecule has 0 saturated carbocycles. The topological polar surface area (TPSA) is 84.4 Å². The predicted molar refractivity (Wildman–Crippen MR) is 107 cm³/mol. The third-order valence-corrected chi connectivity index (χ3v) is 4.53. The zero-order chi connectivity index (χ0) is 22.9. The van der Waals surface area contributed by atoms with Gasteiger partial charge in [-0.2, -0.15) is 5.10 Å². The average molecular weight is 446 g/mol. The maximum absolute atomic E-state index is 12.8. The number of aromatic nitrogens is 4. The summed E-state index contributed by atoms with van der Waals surface area (Å²) in [5.41, 5.74) is 2.02. The van der Waals surface area contributed by atoms with Crippen LogP contribution < -0.4 is 14.2 Å². The van der Waals surface area contributed by atoms with Crippen LogP contribution in [0.3, 0.4) is 0 Å². The van der Waals surface area contributed by atoms with E-state index in [-0.39, 0.29) is 17.3 Å². The van der Waals surface area contributed by atoms with Crippen molar-refractivity contribution in [3.63, 3.8) is 0 Å². The van der Waals surface area contributed by atoms with E-state index in [1.807, 2.05) is 0 Å². The molecule has 166 valence electrons. The second-order valence-electron chi connectivity index (χ2n) is 6.64. The van der Waals surface area contributed by atoms with Crippen LogP contribution in [0.25, 0.3) is 34.0 Å². The summed E-state index contributed by atoms with van der Waals surface area (Å²) in [7, 11) is 4.73. The molecule has 8 nitrogen and oxygen atoms in total. The molecule has 0 fully saturated rings. The van der Waals surface area contributed by atoms with Crippen molar-refractivity contribution >= 4 is 0 Å². The lowest BCUT2D eigenvalue weighted by atomic mass is 10.0. The van der Waals surface area contributed by atoms with Crippen molar-refractivity contribution in [1.29, 1.82) is 0 Å². The molecule has 0 aliphatic carbocycles. The van der Waals surface area contributed by atoms with E-state index in [0.717, 1.165) is 0 Å². The first-order chi connectivity index (χ1) is 15.3. The van der Waals surface area contributed by atoms with Gasteiger partial charge in [-0.25, -0.2) is 0 Å². The van der Waals surface area contributed by atoms with Gasteiger partial charge in [-0.15, -0.1) is 23.4 Å². The lowest BCUT2D eigenvalue weighted by molar-refractivity contribution is -0.274. The Bertz CT molecular complexity index is 1250. The number of methoxy groups -OCH3 is 2. The molecular weight excluding hydrogens is 429 g/mol. The lowest BCUT2D eigenvalue weighted by Gasteiger charge is -2.11. The van der Waals surface area contributed by atoms with Crippen molar-refractivity contribution in [3.8, 4) is 51.3 Å². The summed E-state index contributed by atoms with van der Waals surface area (Å²) in [5, 5.41) is 12.2. The molecule has 11 heteroatoms. The van der Waals surface area contributed by atoms with Crippen LogP contribution in [-0.4, -0.2) is 40.6 Å². The Balaban J connectivity index is 1.78. The molecule has 0 amide bonds. The second kappa shape index (κ2) is 8.25. The van der Waals surface area contributed by atoms with E-state index in [4.69, 9.17) is 13.9 Å². The Morgan fingerprint density at radius 3 is 2.28 bits per heavy atom. The molecule has 0 spiro atoms. The van der Waals surface area contributed by atoms with Crippen molar-refractivity contribution in [2.45, 2.75) is 6.36 Å². The fourth-order valence-electron chi connectivity index (χ4n) is 3.13. The van der Waals surface area contributed by atoms with Gasteiger partial charge in [-0.3, -0.25) is 4.68 Å². The molecule has 0 radical (unpaired) electrons. The lowest BCUT2D eigenvalue weighted by Crippen LogP contribution is -2.17. The molecule has 0 aliphatic heterocycles. The molecule has 2 aromatic carbocycles. The highest BCUT2D eigenvalue weighted by Gasteiger charge is 2.31. The minimum atomic E-state index is -4.84. The zero-order valence-electron chi connectivity index (χ0n) is 17.2. The molecule has 4 aromatic rings. The number of nitrogens with zero attached hydrogens (tertiary/aromatic N) is 4. The maximum Gasteiger partial charge on any atom is 0.573 e. The van der Waals surface area contributed by atoms with Gasteiger partial charge in [0.15, 0.2) is 11.5 Å². The van der Waals surface area contributed by atoms with Crippen LogP contribution in [0.15, 0.2) is 53.2 Å². The van der Waals surface area contributed by atoms with E-state index in [9.17, 15) is 13.2 Å². The van der Waals surface area contributed by atoms with Crippen molar-refractivity contribution < 1.29 is 31.8 Å². The molecule has 0 bridgehead atoms. The van der Waals surface area contributed by atoms with Gasteiger partial charge in [0.25, 0.3) is 0 Å². The molecular formula is C21H17F3N4O4. The summed E-state index contributed by atoms with van der Waals surface area (Å²) in [6, 6.07) is 8.92. The molecule has 0 atom stereocenters. The van der Waals surface area contributed by atoms with Crippen LogP contribution in [-0.2, 0) is 7.05 Å². The highest BCUT2D eigenvalue weighted by Crippen LogP contribution is 2.38. The quantitative estimate of drug-likeness (QED) is 0.424. The first kappa shape index (κ1) is 21.2. The fraction of sp³-hybridized carbons (Fsp3) is 0.190. The molecule has 0 aliphatic rings. The third kappa shape index (κ3) is 4.36. The Kier molecular flexibility index (Phi) is 5.47. The Hall–Kier alpha value is -4.02. The minimum Gasteiger partial charge on any atom is -0.493 e.